The highest BCUT2D eigenvalue weighted by Crippen LogP contribution is 2.39. The number of allylic oxidation sites excluding steroid dienone is 2. The first-order valence-corrected chi connectivity index (χ1v) is 12.5. The van der Waals surface area contributed by atoms with Gasteiger partial charge in [0.05, 0.1) is 0 Å². The Labute approximate surface area is 201 Å². The van der Waals surface area contributed by atoms with Gasteiger partial charge in [0, 0.05) is 11.1 Å². The van der Waals surface area contributed by atoms with Gasteiger partial charge in [0.1, 0.15) is 5.82 Å². The van der Waals surface area contributed by atoms with Gasteiger partial charge in [-0.3, -0.25) is 0 Å². The van der Waals surface area contributed by atoms with Gasteiger partial charge < -0.3 is 0 Å². The van der Waals surface area contributed by atoms with Crippen molar-refractivity contribution in [3.8, 4) is 22.3 Å². The lowest BCUT2D eigenvalue weighted by Crippen LogP contribution is -2.13. The van der Waals surface area contributed by atoms with Gasteiger partial charge in [0.2, 0.25) is 0 Å². The highest BCUT2D eigenvalue weighted by Gasteiger charge is 2.23. The van der Waals surface area contributed by atoms with Gasteiger partial charge in [-0.25, -0.2) is 13.2 Å². The average molecular weight is 463 g/mol. The van der Waals surface area contributed by atoms with Crippen molar-refractivity contribution in [1.82, 2.24) is 0 Å². The first kappa shape index (κ1) is 24.3. The number of benzene rings is 3. The van der Waals surface area contributed by atoms with E-state index in [0.717, 1.165) is 36.3 Å². The largest absolute Gasteiger partial charge is 0.206 e. The van der Waals surface area contributed by atoms with Crippen molar-refractivity contribution in [3.63, 3.8) is 0 Å². The molecule has 0 radical (unpaired) electrons. The standard InChI is InChI=1S/C31H33F3/c1-3-5-6-7-21-8-10-23(11-9-21)26-17-18-27(29(32)20-26)24-12-14-25(15-13-24)28-19-16-22(4-2)30(33)31(28)34/h3,5,12-21,23H,4,6-11H2,1-2H3/b5-3+. The molecule has 0 spiro atoms. The Morgan fingerprint density at radius 1 is 0.794 bits per heavy atom. The predicted molar refractivity (Wildman–Crippen MR) is 135 cm³/mol. The zero-order valence-corrected chi connectivity index (χ0v) is 20.1. The van der Waals surface area contributed by atoms with Crippen LogP contribution in [-0.2, 0) is 6.42 Å². The van der Waals surface area contributed by atoms with E-state index in [9.17, 15) is 8.78 Å². The second-order valence-corrected chi connectivity index (χ2v) is 9.43. The molecule has 3 heteroatoms. The molecule has 0 N–H and O–H groups in total. The van der Waals surface area contributed by atoms with Crippen molar-refractivity contribution in [3.05, 3.63) is 95.3 Å². The van der Waals surface area contributed by atoms with Crippen LogP contribution in [-0.4, -0.2) is 0 Å². The lowest BCUT2D eigenvalue weighted by molar-refractivity contribution is 0.311. The lowest BCUT2D eigenvalue weighted by Gasteiger charge is -2.28. The molecular formula is C31H33F3. The molecule has 0 atom stereocenters. The minimum absolute atomic E-state index is 0.221. The van der Waals surface area contributed by atoms with Crippen LogP contribution in [0, 0.1) is 23.4 Å². The molecule has 34 heavy (non-hydrogen) atoms. The fraction of sp³-hybridized carbons (Fsp3) is 0.355. The Balaban J connectivity index is 1.46. The molecule has 3 aromatic carbocycles. The Hall–Kier alpha value is -2.81. The van der Waals surface area contributed by atoms with Crippen molar-refractivity contribution < 1.29 is 13.2 Å². The Bertz CT molecular complexity index is 1140. The third kappa shape index (κ3) is 5.29. The van der Waals surface area contributed by atoms with Crippen molar-refractivity contribution in [2.45, 2.75) is 64.7 Å². The molecule has 0 nitrogen and oxygen atoms in total. The smallest absolute Gasteiger partial charge is 0.166 e. The molecule has 0 unspecified atom stereocenters. The monoisotopic (exact) mass is 462 g/mol. The van der Waals surface area contributed by atoms with Crippen LogP contribution in [0.3, 0.4) is 0 Å². The summed E-state index contributed by atoms with van der Waals surface area (Å²) in [5.74, 6) is -0.652. The van der Waals surface area contributed by atoms with Crippen LogP contribution >= 0.6 is 0 Å². The van der Waals surface area contributed by atoms with Crippen LogP contribution < -0.4 is 0 Å². The number of hydrogen-bond donors (Lipinski definition) is 0. The molecule has 1 aliphatic carbocycles. The highest BCUT2D eigenvalue weighted by molar-refractivity contribution is 5.71. The van der Waals surface area contributed by atoms with E-state index in [2.05, 4.69) is 25.1 Å². The quantitative estimate of drug-likeness (QED) is 0.307. The van der Waals surface area contributed by atoms with Crippen molar-refractivity contribution in [2.75, 3.05) is 0 Å². The minimum Gasteiger partial charge on any atom is -0.206 e. The highest BCUT2D eigenvalue weighted by atomic mass is 19.2. The summed E-state index contributed by atoms with van der Waals surface area (Å²) < 4.78 is 43.8. The molecule has 0 bridgehead atoms. The minimum atomic E-state index is -0.834. The zero-order chi connectivity index (χ0) is 24.1. The molecule has 4 rings (SSSR count). The summed E-state index contributed by atoms with van der Waals surface area (Å²) >= 11 is 0. The van der Waals surface area contributed by atoms with E-state index < -0.39 is 11.6 Å². The summed E-state index contributed by atoms with van der Waals surface area (Å²) in [6.07, 6.45) is 11.9. The normalized spacial score (nSPS) is 18.5. The average Bonchev–Trinajstić information content (AvgIpc) is 2.86. The molecule has 178 valence electrons. The first-order valence-electron chi connectivity index (χ1n) is 12.5. The van der Waals surface area contributed by atoms with Crippen LogP contribution in [0.2, 0.25) is 0 Å². The lowest BCUT2D eigenvalue weighted by atomic mass is 9.77. The predicted octanol–water partition coefficient (Wildman–Crippen LogP) is 9.63. The number of hydrogen-bond acceptors (Lipinski definition) is 0. The fourth-order valence-corrected chi connectivity index (χ4v) is 5.22. The van der Waals surface area contributed by atoms with E-state index in [1.165, 1.54) is 19.3 Å². The molecule has 0 aromatic heterocycles. The second-order valence-electron chi connectivity index (χ2n) is 9.43. The van der Waals surface area contributed by atoms with Crippen LogP contribution in [0.5, 0.6) is 0 Å². The summed E-state index contributed by atoms with van der Waals surface area (Å²) in [5.41, 5.74) is 3.50. The topological polar surface area (TPSA) is 0 Å². The molecular weight excluding hydrogens is 429 g/mol. The van der Waals surface area contributed by atoms with Gasteiger partial charge in [-0.2, -0.15) is 0 Å². The van der Waals surface area contributed by atoms with Gasteiger partial charge in [0.25, 0.3) is 0 Å². The van der Waals surface area contributed by atoms with E-state index in [4.69, 9.17) is 0 Å². The zero-order valence-electron chi connectivity index (χ0n) is 20.1. The molecule has 0 amide bonds. The second kappa shape index (κ2) is 11.1. The summed E-state index contributed by atoms with van der Waals surface area (Å²) in [4.78, 5) is 0. The van der Waals surface area contributed by atoms with E-state index in [-0.39, 0.29) is 11.4 Å². The van der Waals surface area contributed by atoms with Gasteiger partial charge in [0.15, 0.2) is 11.6 Å². The van der Waals surface area contributed by atoms with Gasteiger partial charge >= 0.3 is 0 Å². The Morgan fingerprint density at radius 3 is 2.06 bits per heavy atom. The fourth-order valence-electron chi connectivity index (χ4n) is 5.22. The first-order chi connectivity index (χ1) is 16.5. The molecule has 1 fully saturated rings. The third-order valence-corrected chi connectivity index (χ3v) is 7.34. The Kier molecular flexibility index (Phi) is 7.92. The molecule has 3 aromatic rings. The Morgan fingerprint density at radius 2 is 1.44 bits per heavy atom. The maximum atomic E-state index is 15.1. The summed E-state index contributed by atoms with van der Waals surface area (Å²) in [5, 5.41) is 0. The molecule has 0 saturated heterocycles. The van der Waals surface area contributed by atoms with Crippen molar-refractivity contribution in [1.29, 1.82) is 0 Å². The van der Waals surface area contributed by atoms with Crippen LogP contribution in [0.1, 0.15) is 69.4 Å². The van der Waals surface area contributed by atoms with E-state index in [0.29, 0.717) is 29.0 Å². The third-order valence-electron chi connectivity index (χ3n) is 7.34. The van der Waals surface area contributed by atoms with Crippen molar-refractivity contribution >= 4 is 0 Å². The summed E-state index contributed by atoms with van der Waals surface area (Å²) in [6, 6.07) is 15.8. The van der Waals surface area contributed by atoms with Crippen LogP contribution in [0.4, 0.5) is 13.2 Å². The maximum Gasteiger partial charge on any atom is 0.166 e. The molecule has 0 heterocycles. The van der Waals surface area contributed by atoms with E-state index >= 15 is 4.39 Å². The summed E-state index contributed by atoms with van der Waals surface area (Å²) in [7, 11) is 0. The SMILES string of the molecule is C/C=C/CCC1CCC(c2ccc(-c3ccc(-c4ccc(CC)c(F)c4F)cc3)c(F)c2)CC1. The van der Waals surface area contributed by atoms with Gasteiger partial charge in [-0.05, 0) is 92.0 Å². The number of halogens is 3. The van der Waals surface area contributed by atoms with Crippen molar-refractivity contribution in [2.24, 2.45) is 5.92 Å². The summed E-state index contributed by atoms with van der Waals surface area (Å²) in [6.45, 7) is 3.86. The van der Waals surface area contributed by atoms with Gasteiger partial charge in [-0.1, -0.05) is 67.6 Å². The number of aryl methyl sites for hydroxylation is 1. The maximum absolute atomic E-state index is 15.1. The van der Waals surface area contributed by atoms with Crippen LogP contribution in [0.15, 0.2) is 66.7 Å². The number of rotatable bonds is 7. The van der Waals surface area contributed by atoms with Crippen LogP contribution in [0.25, 0.3) is 22.3 Å². The molecule has 0 aliphatic heterocycles. The van der Waals surface area contributed by atoms with Gasteiger partial charge in [-0.15, -0.1) is 0 Å². The van der Waals surface area contributed by atoms with E-state index in [1.807, 2.05) is 6.07 Å². The molecule has 1 saturated carbocycles. The van der Waals surface area contributed by atoms with E-state index in [1.54, 1.807) is 49.4 Å². The molecule has 1 aliphatic rings.